The van der Waals surface area contributed by atoms with Crippen molar-refractivity contribution in [3.8, 4) is 0 Å². The summed E-state index contributed by atoms with van der Waals surface area (Å²) in [4.78, 5) is 4.99. The summed E-state index contributed by atoms with van der Waals surface area (Å²) in [6.45, 7) is 2.04. The van der Waals surface area contributed by atoms with Gasteiger partial charge in [0.05, 0.1) is 23.9 Å². The van der Waals surface area contributed by atoms with Gasteiger partial charge in [-0.1, -0.05) is 0 Å². The summed E-state index contributed by atoms with van der Waals surface area (Å²) < 4.78 is 5.35. The summed E-state index contributed by atoms with van der Waals surface area (Å²) in [6, 6.07) is 3.88. The third kappa shape index (κ3) is 2.33. The summed E-state index contributed by atoms with van der Waals surface area (Å²) in [5.41, 5.74) is 7.67. The first-order valence-corrected chi connectivity index (χ1v) is 5.61. The van der Waals surface area contributed by atoms with Gasteiger partial charge in [-0.25, -0.2) is 0 Å². The van der Waals surface area contributed by atoms with Crippen LogP contribution in [0.1, 0.15) is 11.3 Å². The number of pyridine rings is 1. The van der Waals surface area contributed by atoms with Crippen molar-refractivity contribution >= 4 is 17.4 Å². The Bertz CT molecular complexity index is 453. The first-order valence-electron chi connectivity index (χ1n) is 4.62. The maximum atomic E-state index is 5.78. The fourth-order valence-corrected chi connectivity index (χ4v) is 2.18. The number of aryl methyl sites for hydroxylation is 1. The molecular weight excluding hydrogens is 208 g/mol. The monoisotopic (exact) mass is 220 g/mol. The van der Waals surface area contributed by atoms with E-state index < -0.39 is 0 Å². The average Bonchev–Trinajstić information content (AvgIpc) is 2.63. The number of furan rings is 1. The molecule has 2 aromatic rings. The van der Waals surface area contributed by atoms with E-state index in [9.17, 15) is 0 Å². The predicted molar refractivity (Wildman–Crippen MR) is 61.7 cm³/mol. The van der Waals surface area contributed by atoms with Crippen molar-refractivity contribution in [2.24, 2.45) is 0 Å². The van der Waals surface area contributed by atoms with Gasteiger partial charge in [-0.2, -0.15) is 0 Å². The van der Waals surface area contributed by atoms with E-state index in [4.69, 9.17) is 10.2 Å². The Hall–Kier alpha value is -1.42. The third-order valence-electron chi connectivity index (χ3n) is 2.14. The van der Waals surface area contributed by atoms with Crippen molar-refractivity contribution in [2.75, 3.05) is 5.73 Å². The zero-order valence-corrected chi connectivity index (χ0v) is 9.25. The Morgan fingerprint density at radius 1 is 1.47 bits per heavy atom. The molecule has 78 valence electrons. The van der Waals surface area contributed by atoms with E-state index in [0.29, 0.717) is 5.69 Å². The van der Waals surface area contributed by atoms with Crippen LogP contribution in [0.5, 0.6) is 0 Å². The molecule has 2 aromatic heterocycles. The van der Waals surface area contributed by atoms with Crippen LogP contribution >= 0.6 is 11.8 Å². The standard InChI is InChI=1S/C11H12N2OS/c1-8-3-5-14-10(8)7-15-11-2-4-13-6-9(11)12/h2-6H,7,12H2,1H3. The molecule has 0 spiro atoms. The minimum absolute atomic E-state index is 0.715. The first kappa shape index (κ1) is 10.1. The molecule has 4 heteroatoms. The second-order valence-electron chi connectivity index (χ2n) is 3.23. The average molecular weight is 220 g/mol. The van der Waals surface area contributed by atoms with Gasteiger partial charge in [0, 0.05) is 11.1 Å². The zero-order chi connectivity index (χ0) is 10.7. The SMILES string of the molecule is Cc1ccoc1CSc1ccncc1N. The summed E-state index contributed by atoms with van der Waals surface area (Å²) in [5, 5.41) is 0. The largest absolute Gasteiger partial charge is 0.468 e. The van der Waals surface area contributed by atoms with Crippen molar-refractivity contribution in [3.05, 3.63) is 42.1 Å². The van der Waals surface area contributed by atoms with Crippen LogP contribution in [0.4, 0.5) is 5.69 Å². The molecule has 0 atom stereocenters. The molecule has 0 saturated carbocycles. The lowest BCUT2D eigenvalue weighted by Gasteiger charge is -2.03. The molecule has 0 unspecified atom stereocenters. The maximum absolute atomic E-state index is 5.78. The maximum Gasteiger partial charge on any atom is 0.116 e. The number of hydrogen-bond acceptors (Lipinski definition) is 4. The van der Waals surface area contributed by atoms with E-state index in [1.165, 1.54) is 5.56 Å². The number of anilines is 1. The van der Waals surface area contributed by atoms with E-state index in [1.807, 2.05) is 19.1 Å². The number of nitrogens with zero attached hydrogens (tertiary/aromatic N) is 1. The number of nitrogen functional groups attached to an aromatic ring is 1. The van der Waals surface area contributed by atoms with Crippen molar-refractivity contribution in [3.63, 3.8) is 0 Å². The topological polar surface area (TPSA) is 52.0 Å². The molecule has 0 aliphatic rings. The predicted octanol–water partition coefficient (Wildman–Crippen LogP) is 2.86. The van der Waals surface area contributed by atoms with Gasteiger partial charge in [-0.05, 0) is 24.6 Å². The third-order valence-corrected chi connectivity index (χ3v) is 3.23. The van der Waals surface area contributed by atoms with Gasteiger partial charge in [0.15, 0.2) is 0 Å². The lowest BCUT2D eigenvalue weighted by molar-refractivity contribution is 0.528. The van der Waals surface area contributed by atoms with Gasteiger partial charge >= 0.3 is 0 Å². The molecule has 0 amide bonds. The van der Waals surface area contributed by atoms with Crippen LogP contribution < -0.4 is 5.73 Å². The van der Waals surface area contributed by atoms with Crippen LogP contribution in [-0.2, 0) is 5.75 Å². The molecule has 0 fully saturated rings. The first-order chi connectivity index (χ1) is 7.27. The van der Waals surface area contributed by atoms with Crippen molar-refractivity contribution in [1.29, 1.82) is 0 Å². The number of nitrogens with two attached hydrogens (primary N) is 1. The normalized spacial score (nSPS) is 10.5. The smallest absolute Gasteiger partial charge is 0.116 e. The molecule has 2 heterocycles. The number of thioether (sulfide) groups is 1. The lowest BCUT2D eigenvalue weighted by Crippen LogP contribution is -1.89. The van der Waals surface area contributed by atoms with E-state index in [2.05, 4.69) is 4.98 Å². The Labute approximate surface area is 92.7 Å². The van der Waals surface area contributed by atoms with E-state index in [1.54, 1.807) is 30.4 Å². The quantitative estimate of drug-likeness (QED) is 0.808. The molecule has 2 rings (SSSR count). The molecule has 3 nitrogen and oxygen atoms in total. The summed E-state index contributed by atoms with van der Waals surface area (Å²) >= 11 is 1.66. The number of hydrogen-bond donors (Lipinski definition) is 1. The number of rotatable bonds is 3. The van der Waals surface area contributed by atoms with Gasteiger partial charge in [0.2, 0.25) is 0 Å². The highest BCUT2D eigenvalue weighted by Gasteiger charge is 2.04. The Kier molecular flexibility index (Phi) is 2.97. The summed E-state index contributed by atoms with van der Waals surface area (Å²) in [6.07, 6.45) is 5.12. The van der Waals surface area contributed by atoms with E-state index in [0.717, 1.165) is 16.4 Å². The summed E-state index contributed by atoms with van der Waals surface area (Å²) in [5.74, 6) is 1.80. The fraction of sp³-hybridized carbons (Fsp3) is 0.182. The second-order valence-corrected chi connectivity index (χ2v) is 4.25. The molecule has 0 aliphatic carbocycles. The van der Waals surface area contributed by atoms with Crippen molar-refractivity contribution in [1.82, 2.24) is 4.98 Å². The van der Waals surface area contributed by atoms with Gasteiger partial charge in [-0.3, -0.25) is 4.98 Å². The van der Waals surface area contributed by atoms with Crippen LogP contribution in [0.15, 0.2) is 40.1 Å². The van der Waals surface area contributed by atoms with Crippen LogP contribution in [0.2, 0.25) is 0 Å². The second kappa shape index (κ2) is 4.40. The van der Waals surface area contributed by atoms with Crippen LogP contribution in [0.3, 0.4) is 0 Å². The lowest BCUT2D eigenvalue weighted by atomic mass is 10.3. The molecular formula is C11H12N2OS. The van der Waals surface area contributed by atoms with E-state index >= 15 is 0 Å². The van der Waals surface area contributed by atoms with E-state index in [-0.39, 0.29) is 0 Å². The number of aromatic nitrogens is 1. The Morgan fingerprint density at radius 2 is 2.33 bits per heavy atom. The van der Waals surface area contributed by atoms with Gasteiger partial charge in [0.1, 0.15) is 5.76 Å². The minimum atomic E-state index is 0.715. The van der Waals surface area contributed by atoms with Crippen LogP contribution in [0, 0.1) is 6.92 Å². The molecule has 15 heavy (non-hydrogen) atoms. The van der Waals surface area contributed by atoms with Gasteiger partial charge in [-0.15, -0.1) is 11.8 Å². The fourth-order valence-electron chi connectivity index (χ4n) is 1.22. The molecule has 2 N–H and O–H groups in total. The molecule has 0 bridgehead atoms. The Morgan fingerprint density at radius 3 is 3.00 bits per heavy atom. The molecule has 0 aromatic carbocycles. The van der Waals surface area contributed by atoms with Gasteiger partial charge in [0.25, 0.3) is 0 Å². The van der Waals surface area contributed by atoms with Crippen molar-refractivity contribution < 1.29 is 4.42 Å². The highest BCUT2D eigenvalue weighted by Crippen LogP contribution is 2.28. The van der Waals surface area contributed by atoms with Crippen molar-refractivity contribution in [2.45, 2.75) is 17.6 Å². The van der Waals surface area contributed by atoms with Crippen LogP contribution in [0.25, 0.3) is 0 Å². The minimum Gasteiger partial charge on any atom is -0.468 e. The highest BCUT2D eigenvalue weighted by atomic mass is 32.2. The highest BCUT2D eigenvalue weighted by molar-refractivity contribution is 7.98. The summed E-state index contributed by atoms with van der Waals surface area (Å²) in [7, 11) is 0. The molecule has 0 radical (unpaired) electrons. The Balaban J connectivity index is 2.06. The zero-order valence-electron chi connectivity index (χ0n) is 8.43. The van der Waals surface area contributed by atoms with Crippen LogP contribution in [-0.4, -0.2) is 4.98 Å². The van der Waals surface area contributed by atoms with Gasteiger partial charge < -0.3 is 10.2 Å². The molecule has 0 saturated heterocycles. The molecule has 0 aliphatic heterocycles.